The molecular formula is C12H12FNOS. The maximum Gasteiger partial charge on any atom is 0.235 e. The monoisotopic (exact) mass is 237 g/mol. The van der Waals surface area contributed by atoms with Crippen molar-refractivity contribution in [2.45, 2.75) is 12.5 Å². The molecule has 2 rings (SSSR count). The Morgan fingerprint density at radius 2 is 2.19 bits per heavy atom. The first kappa shape index (κ1) is 11.4. The Labute approximate surface area is 98.0 Å². The van der Waals surface area contributed by atoms with Crippen LogP contribution in [0, 0.1) is 11.7 Å². The van der Waals surface area contributed by atoms with Crippen molar-refractivity contribution in [1.29, 1.82) is 0 Å². The van der Waals surface area contributed by atoms with Crippen LogP contribution in [0.25, 0.3) is 0 Å². The molecule has 0 amide bonds. The number of hydrogen-bond acceptors (Lipinski definition) is 3. The van der Waals surface area contributed by atoms with Crippen LogP contribution >= 0.6 is 11.8 Å². The maximum absolute atomic E-state index is 12.8. The molecule has 0 N–H and O–H groups in total. The first-order valence-electron chi connectivity index (χ1n) is 5.21. The van der Waals surface area contributed by atoms with E-state index in [0.29, 0.717) is 5.92 Å². The molecule has 0 bridgehead atoms. The average molecular weight is 237 g/mol. The molecule has 1 aromatic carbocycles. The summed E-state index contributed by atoms with van der Waals surface area (Å²) in [4.78, 5) is 14.3. The average Bonchev–Trinajstić information content (AvgIpc) is 2.81. The minimum atomic E-state index is -0.265. The highest BCUT2D eigenvalue weighted by Gasteiger charge is 2.26. The predicted molar refractivity (Wildman–Crippen MR) is 62.7 cm³/mol. The standard InChI is InChI=1S/C12H12FNOS/c13-11-3-1-9(2-4-11)12(14-8-15)10-5-6-16-7-10/h1-4,10,12H,5-7H2. The van der Waals surface area contributed by atoms with Gasteiger partial charge >= 0.3 is 0 Å². The SMILES string of the molecule is O=C=NC(c1ccc(F)cc1)C1CCSC1. The third kappa shape index (κ3) is 2.52. The Morgan fingerprint density at radius 1 is 1.44 bits per heavy atom. The highest BCUT2D eigenvalue weighted by molar-refractivity contribution is 7.99. The molecule has 1 fully saturated rings. The molecule has 84 valence electrons. The fraction of sp³-hybridized carbons (Fsp3) is 0.417. The molecule has 0 spiro atoms. The summed E-state index contributed by atoms with van der Waals surface area (Å²) in [6, 6.07) is 6.05. The summed E-state index contributed by atoms with van der Waals surface area (Å²) in [6.07, 6.45) is 2.68. The van der Waals surface area contributed by atoms with Crippen molar-refractivity contribution in [3.8, 4) is 0 Å². The van der Waals surface area contributed by atoms with Gasteiger partial charge in [0.25, 0.3) is 0 Å². The largest absolute Gasteiger partial charge is 0.235 e. The normalized spacial score (nSPS) is 21.4. The fourth-order valence-corrected chi connectivity index (χ4v) is 3.26. The van der Waals surface area contributed by atoms with Gasteiger partial charge < -0.3 is 0 Å². The number of hydrogen-bond donors (Lipinski definition) is 0. The van der Waals surface area contributed by atoms with Crippen LogP contribution in [-0.2, 0) is 4.79 Å². The van der Waals surface area contributed by atoms with Gasteiger partial charge in [0.15, 0.2) is 0 Å². The lowest BCUT2D eigenvalue weighted by molar-refractivity contribution is 0.475. The number of aliphatic imine (C=N–C) groups is 1. The van der Waals surface area contributed by atoms with Gasteiger partial charge in [0.05, 0.1) is 6.04 Å². The van der Waals surface area contributed by atoms with E-state index in [1.807, 2.05) is 11.8 Å². The van der Waals surface area contributed by atoms with Gasteiger partial charge in [-0.25, -0.2) is 9.18 Å². The van der Waals surface area contributed by atoms with E-state index in [2.05, 4.69) is 4.99 Å². The lowest BCUT2D eigenvalue weighted by Gasteiger charge is -2.17. The second kappa shape index (κ2) is 5.28. The molecule has 1 saturated heterocycles. The molecule has 1 aromatic rings. The molecule has 1 aliphatic heterocycles. The second-order valence-electron chi connectivity index (χ2n) is 3.84. The van der Waals surface area contributed by atoms with Gasteiger partial charge in [0, 0.05) is 0 Å². The van der Waals surface area contributed by atoms with E-state index in [1.165, 1.54) is 12.1 Å². The highest BCUT2D eigenvalue weighted by Crippen LogP contribution is 2.36. The smallest absolute Gasteiger partial charge is 0.211 e. The molecule has 1 aliphatic rings. The topological polar surface area (TPSA) is 29.4 Å². The summed E-state index contributed by atoms with van der Waals surface area (Å²) in [5, 5.41) is 0. The van der Waals surface area contributed by atoms with Crippen molar-refractivity contribution in [3.63, 3.8) is 0 Å². The summed E-state index contributed by atoms with van der Waals surface area (Å²) >= 11 is 1.87. The van der Waals surface area contributed by atoms with Crippen LogP contribution in [0.1, 0.15) is 18.0 Å². The van der Waals surface area contributed by atoms with Gasteiger partial charge in [0.2, 0.25) is 6.08 Å². The van der Waals surface area contributed by atoms with E-state index >= 15 is 0 Å². The van der Waals surface area contributed by atoms with Crippen molar-refractivity contribution in [2.24, 2.45) is 10.9 Å². The number of thioether (sulfide) groups is 1. The van der Waals surface area contributed by atoms with Crippen LogP contribution in [-0.4, -0.2) is 17.6 Å². The van der Waals surface area contributed by atoms with E-state index in [4.69, 9.17) is 0 Å². The Balaban J connectivity index is 2.24. The lowest BCUT2D eigenvalue weighted by atomic mass is 9.93. The quantitative estimate of drug-likeness (QED) is 0.597. The van der Waals surface area contributed by atoms with Gasteiger partial charge in [-0.15, -0.1) is 0 Å². The molecule has 2 nitrogen and oxygen atoms in total. The molecule has 2 unspecified atom stereocenters. The molecule has 0 aliphatic carbocycles. The lowest BCUT2D eigenvalue weighted by Crippen LogP contribution is -2.10. The zero-order valence-electron chi connectivity index (χ0n) is 8.73. The third-order valence-electron chi connectivity index (χ3n) is 2.81. The Morgan fingerprint density at radius 3 is 2.75 bits per heavy atom. The van der Waals surface area contributed by atoms with Crippen molar-refractivity contribution in [3.05, 3.63) is 35.6 Å². The summed E-state index contributed by atoms with van der Waals surface area (Å²) in [7, 11) is 0. The number of halogens is 1. The van der Waals surface area contributed by atoms with Gasteiger partial charge in [-0.3, -0.25) is 0 Å². The first-order valence-corrected chi connectivity index (χ1v) is 6.37. The zero-order chi connectivity index (χ0) is 11.4. The number of nitrogens with zero attached hydrogens (tertiary/aromatic N) is 1. The number of rotatable bonds is 3. The maximum atomic E-state index is 12.8. The van der Waals surface area contributed by atoms with Crippen LogP contribution in [0.2, 0.25) is 0 Å². The van der Waals surface area contributed by atoms with Gasteiger partial charge in [-0.05, 0) is 41.5 Å². The first-order chi connectivity index (χ1) is 7.81. The predicted octanol–water partition coefficient (Wildman–Crippen LogP) is 2.96. The molecule has 0 radical (unpaired) electrons. The second-order valence-corrected chi connectivity index (χ2v) is 4.99. The Bertz CT molecular complexity index is 394. The van der Waals surface area contributed by atoms with Gasteiger partial charge in [-0.1, -0.05) is 12.1 Å². The third-order valence-corrected chi connectivity index (χ3v) is 4.00. The zero-order valence-corrected chi connectivity index (χ0v) is 9.54. The van der Waals surface area contributed by atoms with Crippen LogP contribution < -0.4 is 0 Å². The van der Waals surface area contributed by atoms with Gasteiger partial charge in [-0.2, -0.15) is 16.8 Å². The number of benzene rings is 1. The van der Waals surface area contributed by atoms with Crippen LogP contribution in [0.5, 0.6) is 0 Å². The van der Waals surface area contributed by atoms with Crippen LogP contribution in [0.15, 0.2) is 29.3 Å². The Hall–Kier alpha value is -1.12. The molecule has 0 aromatic heterocycles. The molecular weight excluding hydrogens is 225 g/mol. The molecule has 0 saturated carbocycles. The van der Waals surface area contributed by atoms with E-state index in [9.17, 15) is 9.18 Å². The molecule has 16 heavy (non-hydrogen) atoms. The Kier molecular flexibility index (Phi) is 3.75. The summed E-state index contributed by atoms with van der Waals surface area (Å²) in [5.74, 6) is 2.22. The van der Waals surface area contributed by atoms with Crippen molar-refractivity contribution >= 4 is 17.8 Å². The minimum Gasteiger partial charge on any atom is -0.211 e. The van der Waals surface area contributed by atoms with Crippen molar-refractivity contribution in [2.75, 3.05) is 11.5 Å². The van der Waals surface area contributed by atoms with Crippen LogP contribution in [0.3, 0.4) is 0 Å². The number of carbonyl (C=O) groups excluding carboxylic acids is 1. The van der Waals surface area contributed by atoms with Crippen molar-refractivity contribution < 1.29 is 9.18 Å². The molecule has 4 heteroatoms. The summed E-state index contributed by atoms with van der Waals surface area (Å²) in [6.45, 7) is 0. The van der Waals surface area contributed by atoms with Gasteiger partial charge in [0.1, 0.15) is 5.82 Å². The molecule has 2 atom stereocenters. The summed E-state index contributed by atoms with van der Waals surface area (Å²) < 4.78 is 12.8. The van der Waals surface area contributed by atoms with E-state index in [1.54, 1.807) is 18.2 Å². The van der Waals surface area contributed by atoms with E-state index < -0.39 is 0 Å². The minimum absolute atomic E-state index is 0.159. The van der Waals surface area contributed by atoms with Crippen molar-refractivity contribution in [1.82, 2.24) is 0 Å². The van der Waals surface area contributed by atoms with Crippen LogP contribution in [0.4, 0.5) is 4.39 Å². The van der Waals surface area contributed by atoms with E-state index in [0.717, 1.165) is 23.5 Å². The molecule has 1 heterocycles. The van der Waals surface area contributed by atoms with E-state index in [-0.39, 0.29) is 11.9 Å². The number of isocyanates is 1. The fourth-order valence-electron chi connectivity index (χ4n) is 1.97. The highest BCUT2D eigenvalue weighted by atomic mass is 32.2. The summed E-state index contributed by atoms with van der Waals surface area (Å²) in [5.41, 5.74) is 0.900.